The predicted octanol–water partition coefficient (Wildman–Crippen LogP) is 2.34. The van der Waals surface area contributed by atoms with Crippen molar-refractivity contribution in [1.29, 1.82) is 0 Å². The minimum atomic E-state index is 0.252. The number of nitrogens with zero attached hydrogens (tertiary/aromatic N) is 1. The van der Waals surface area contributed by atoms with Crippen molar-refractivity contribution < 1.29 is 0 Å². The summed E-state index contributed by atoms with van der Waals surface area (Å²) in [4.78, 5) is 5.81. The monoisotopic (exact) mass is 182 g/mol. The second-order valence-corrected chi connectivity index (χ2v) is 5.18. The van der Waals surface area contributed by atoms with Crippen LogP contribution in [0, 0.1) is 0 Å². The predicted molar refractivity (Wildman–Crippen MR) is 52.5 cm³/mol. The highest BCUT2D eigenvalue weighted by Gasteiger charge is 2.30. The Morgan fingerprint density at radius 1 is 1.50 bits per heavy atom. The molecule has 0 saturated carbocycles. The van der Waals surface area contributed by atoms with Crippen LogP contribution in [0.2, 0.25) is 0 Å². The molecular formula is C9H14N2S. The van der Waals surface area contributed by atoms with Crippen LogP contribution in [0.4, 0.5) is 5.13 Å². The quantitative estimate of drug-likeness (QED) is 0.669. The zero-order valence-corrected chi connectivity index (χ0v) is 8.37. The molecule has 0 fully saturated rings. The van der Waals surface area contributed by atoms with Gasteiger partial charge in [0.05, 0.1) is 5.69 Å². The number of aromatic nitrogens is 1. The zero-order valence-electron chi connectivity index (χ0n) is 7.55. The number of anilines is 1. The molecule has 2 N–H and O–H groups in total. The minimum absolute atomic E-state index is 0.252. The Kier molecular flexibility index (Phi) is 1.65. The Morgan fingerprint density at radius 2 is 2.25 bits per heavy atom. The van der Waals surface area contributed by atoms with Gasteiger partial charge in [-0.3, -0.25) is 0 Å². The van der Waals surface area contributed by atoms with Crippen molar-refractivity contribution in [3.05, 3.63) is 10.6 Å². The lowest BCUT2D eigenvalue weighted by Gasteiger charge is -2.27. The highest BCUT2D eigenvalue weighted by atomic mass is 32.1. The van der Waals surface area contributed by atoms with Crippen molar-refractivity contribution in [3.63, 3.8) is 0 Å². The second kappa shape index (κ2) is 2.46. The molecule has 3 heteroatoms. The summed E-state index contributed by atoms with van der Waals surface area (Å²) in [6, 6.07) is 0. The average molecular weight is 182 g/mol. The van der Waals surface area contributed by atoms with Crippen LogP contribution in [-0.4, -0.2) is 4.98 Å². The number of hydrogen-bond acceptors (Lipinski definition) is 3. The third-order valence-electron chi connectivity index (χ3n) is 2.56. The van der Waals surface area contributed by atoms with Crippen molar-refractivity contribution in [3.8, 4) is 0 Å². The van der Waals surface area contributed by atoms with Crippen molar-refractivity contribution in [2.24, 2.45) is 0 Å². The molecule has 12 heavy (non-hydrogen) atoms. The topological polar surface area (TPSA) is 38.9 Å². The molecule has 0 saturated heterocycles. The van der Waals surface area contributed by atoms with Gasteiger partial charge in [-0.05, 0) is 19.3 Å². The molecule has 0 unspecified atom stereocenters. The maximum absolute atomic E-state index is 5.69. The summed E-state index contributed by atoms with van der Waals surface area (Å²) in [5.74, 6) is 0. The first-order valence-corrected chi connectivity index (χ1v) is 5.17. The molecular weight excluding hydrogens is 168 g/mol. The Morgan fingerprint density at radius 3 is 2.92 bits per heavy atom. The first kappa shape index (κ1) is 8.05. The number of fused-ring (bicyclic) bond motifs is 1. The van der Waals surface area contributed by atoms with E-state index in [2.05, 4.69) is 18.8 Å². The van der Waals surface area contributed by atoms with Gasteiger partial charge in [0, 0.05) is 10.3 Å². The van der Waals surface area contributed by atoms with Gasteiger partial charge >= 0.3 is 0 Å². The van der Waals surface area contributed by atoms with E-state index in [1.807, 2.05) is 0 Å². The van der Waals surface area contributed by atoms with Gasteiger partial charge in [0.15, 0.2) is 5.13 Å². The number of rotatable bonds is 0. The van der Waals surface area contributed by atoms with E-state index in [9.17, 15) is 0 Å². The normalized spacial score (nSPS) is 20.5. The van der Waals surface area contributed by atoms with Gasteiger partial charge in [-0.25, -0.2) is 4.98 Å². The van der Waals surface area contributed by atoms with Crippen LogP contribution in [0.1, 0.15) is 37.3 Å². The second-order valence-electron chi connectivity index (χ2n) is 4.06. The summed E-state index contributed by atoms with van der Waals surface area (Å²) < 4.78 is 0. The van der Waals surface area contributed by atoms with Crippen LogP contribution >= 0.6 is 11.3 Å². The Labute approximate surface area is 76.8 Å². The van der Waals surface area contributed by atoms with E-state index in [1.165, 1.54) is 29.8 Å². The average Bonchev–Trinajstić information content (AvgIpc) is 2.30. The van der Waals surface area contributed by atoms with Crippen molar-refractivity contribution in [1.82, 2.24) is 4.98 Å². The van der Waals surface area contributed by atoms with Gasteiger partial charge in [-0.1, -0.05) is 13.8 Å². The first-order chi connectivity index (χ1) is 5.59. The summed E-state index contributed by atoms with van der Waals surface area (Å²) in [6.45, 7) is 4.51. The Bertz CT molecular complexity index is 301. The maximum Gasteiger partial charge on any atom is 0.180 e. The molecule has 1 aliphatic rings. The largest absolute Gasteiger partial charge is 0.375 e. The highest BCUT2D eigenvalue weighted by molar-refractivity contribution is 7.15. The van der Waals surface area contributed by atoms with Gasteiger partial charge in [0.1, 0.15) is 0 Å². The SMILES string of the molecule is CC1(C)CCCc2sc(N)nc21. The van der Waals surface area contributed by atoms with Crippen LogP contribution in [-0.2, 0) is 11.8 Å². The zero-order chi connectivity index (χ0) is 8.77. The van der Waals surface area contributed by atoms with E-state index in [4.69, 9.17) is 5.73 Å². The Balaban J connectivity index is 2.51. The summed E-state index contributed by atoms with van der Waals surface area (Å²) in [7, 11) is 0. The van der Waals surface area contributed by atoms with E-state index in [1.54, 1.807) is 11.3 Å². The van der Waals surface area contributed by atoms with Crippen LogP contribution in [0.15, 0.2) is 0 Å². The molecule has 0 bridgehead atoms. The first-order valence-electron chi connectivity index (χ1n) is 4.35. The molecule has 66 valence electrons. The van der Waals surface area contributed by atoms with E-state index in [0.29, 0.717) is 0 Å². The van der Waals surface area contributed by atoms with Gasteiger partial charge in [-0.15, -0.1) is 11.3 Å². The standard InChI is InChI=1S/C9H14N2S/c1-9(2)5-3-4-6-7(9)11-8(10)12-6/h3-5H2,1-2H3,(H2,10,11). The van der Waals surface area contributed by atoms with Crippen LogP contribution < -0.4 is 5.73 Å². The van der Waals surface area contributed by atoms with Crippen LogP contribution in [0.25, 0.3) is 0 Å². The number of thiazole rings is 1. The fourth-order valence-corrected chi connectivity index (χ4v) is 2.93. The molecule has 2 rings (SSSR count). The molecule has 0 aromatic carbocycles. The lowest BCUT2D eigenvalue weighted by atomic mass is 9.79. The molecule has 1 aromatic heterocycles. The minimum Gasteiger partial charge on any atom is -0.375 e. The molecule has 2 nitrogen and oxygen atoms in total. The van der Waals surface area contributed by atoms with Gasteiger partial charge < -0.3 is 5.73 Å². The summed E-state index contributed by atoms with van der Waals surface area (Å²) in [5, 5.41) is 0.731. The molecule has 0 radical (unpaired) electrons. The summed E-state index contributed by atoms with van der Waals surface area (Å²) >= 11 is 1.66. The van der Waals surface area contributed by atoms with Crippen LogP contribution in [0.3, 0.4) is 0 Å². The summed E-state index contributed by atoms with van der Waals surface area (Å²) in [6.07, 6.45) is 3.69. The summed E-state index contributed by atoms with van der Waals surface area (Å²) in [5.41, 5.74) is 7.19. The third kappa shape index (κ3) is 1.12. The third-order valence-corrected chi connectivity index (χ3v) is 3.50. The van der Waals surface area contributed by atoms with Gasteiger partial charge in [0.25, 0.3) is 0 Å². The van der Waals surface area contributed by atoms with Crippen molar-refractivity contribution in [2.45, 2.75) is 38.5 Å². The van der Waals surface area contributed by atoms with Gasteiger partial charge in [0.2, 0.25) is 0 Å². The van der Waals surface area contributed by atoms with E-state index < -0.39 is 0 Å². The molecule has 1 heterocycles. The molecule has 0 aliphatic heterocycles. The molecule has 0 atom stereocenters. The van der Waals surface area contributed by atoms with E-state index in [0.717, 1.165) is 5.13 Å². The fraction of sp³-hybridized carbons (Fsp3) is 0.667. The number of nitrogen functional groups attached to an aromatic ring is 1. The maximum atomic E-state index is 5.69. The molecule has 0 spiro atoms. The highest BCUT2D eigenvalue weighted by Crippen LogP contribution is 2.39. The number of aryl methyl sites for hydroxylation is 1. The Hall–Kier alpha value is -0.570. The smallest absolute Gasteiger partial charge is 0.180 e. The number of hydrogen-bond donors (Lipinski definition) is 1. The fourth-order valence-electron chi connectivity index (χ4n) is 1.88. The number of nitrogens with two attached hydrogens (primary N) is 1. The lowest BCUT2D eigenvalue weighted by molar-refractivity contribution is 0.424. The van der Waals surface area contributed by atoms with E-state index >= 15 is 0 Å². The van der Waals surface area contributed by atoms with Crippen molar-refractivity contribution in [2.75, 3.05) is 5.73 Å². The lowest BCUT2D eigenvalue weighted by Crippen LogP contribution is -2.23. The molecule has 1 aromatic rings. The molecule has 1 aliphatic carbocycles. The molecule has 0 amide bonds. The van der Waals surface area contributed by atoms with Crippen LogP contribution in [0.5, 0.6) is 0 Å². The van der Waals surface area contributed by atoms with Crippen molar-refractivity contribution >= 4 is 16.5 Å². The van der Waals surface area contributed by atoms with Gasteiger partial charge in [-0.2, -0.15) is 0 Å². The van der Waals surface area contributed by atoms with E-state index in [-0.39, 0.29) is 5.41 Å².